The highest BCUT2D eigenvalue weighted by atomic mass is 16.5. The number of carbonyl (C=O) groups is 1. The molecule has 0 aromatic heterocycles. The summed E-state index contributed by atoms with van der Waals surface area (Å²) in [7, 11) is 0. The van der Waals surface area contributed by atoms with E-state index in [4.69, 9.17) is 10.5 Å². The summed E-state index contributed by atoms with van der Waals surface area (Å²) in [6, 6.07) is 7.41. The molecule has 1 aromatic rings. The molecule has 0 aliphatic rings. The summed E-state index contributed by atoms with van der Waals surface area (Å²) in [6.45, 7) is 4.44. The number of anilines is 1. The maximum Gasteiger partial charge on any atom is 0.246 e. The molecule has 1 atom stereocenters. The monoisotopic (exact) mass is 222 g/mol. The van der Waals surface area contributed by atoms with Gasteiger partial charge in [0.05, 0.1) is 6.04 Å². The van der Waals surface area contributed by atoms with Gasteiger partial charge in [-0.05, 0) is 31.5 Å². The van der Waals surface area contributed by atoms with Crippen molar-refractivity contribution in [3.8, 4) is 0 Å². The van der Waals surface area contributed by atoms with Crippen molar-refractivity contribution in [2.45, 2.75) is 19.9 Å². The van der Waals surface area contributed by atoms with Crippen molar-refractivity contribution in [2.75, 3.05) is 18.9 Å². The molecule has 0 heterocycles. The predicted octanol–water partition coefficient (Wildman–Crippen LogP) is 1.48. The van der Waals surface area contributed by atoms with Gasteiger partial charge < -0.3 is 15.8 Å². The van der Waals surface area contributed by atoms with Crippen LogP contribution in [0.4, 0.5) is 5.69 Å². The lowest BCUT2D eigenvalue weighted by molar-refractivity contribution is -0.126. The molecule has 0 bridgehead atoms. The van der Waals surface area contributed by atoms with Gasteiger partial charge in [-0.25, -0.2) is 0 Å². The molecule has 0 saturated carbocycles. The highest BCUT2D eigenvalue weighted by molar-refractivity contribution is 5.77. The van der Waals surface area contributed by atoms with Crippen LogP contribution in [0, 0.1) is 0 Å². The Balaban J connectivity index is 2.48. The number of hydrogen-bond acceptors (Lipinski definition) is 3. The SMILES string of the molecule is CCOCC(=O)NC(C)c1ccc(N)cc1. The highest BCUT2D eigenvalue weighted by Gasteiger charge is 2.08. The fourth-order valence-corrected chi connectivity index (χ4v) is 1.35. The van der Waals surface area contributed by atoms with E-state index < -0.39 is 0 Å². The Morgan fingerprint density at radius 1 is 1.44 bits per heavy atom. The lowest BCUT2D eigenvalue weighted by Gasteiger charge is -2.14. The van der Waals surface area contributed by atoms with E-state index in [2.05, 4.69) is 5.32 Å². The number of hydrogen-bond donors (Lipinski definition) is 2. The van der Waals surface area contributed by atoms with Crippen LogP contribution in [0.25, 0.3) is 0 Å². The zero-order valence-corrected chi connectivity index (χ0v) is 9.69. The minimum absolute atomic E-state index is 0.0337. The lowest BCUT2D eigenvalue weighted by atomic mass is 10.1. The van der Waals surface area contributed by atoms with Crippen LogP contribution in [-0.2, 0) is 9.53 Å². The largest absolute Gasteiger partial charge is 0.399 e. The van der Waals surface area contributed by atoms with Gasteiger partial charge in [0.1, 0.15) is 6.61 Å². The van der Waals surface area contributed by atoms with Crippen molar-refractivity contribution in [3.05, 3.63) is 29.8 Å². The molecule has 0 aliphatic carbocycles. The average molecular weight is 222 g/mol. The Morgan fingerprint density at radius 2 is 2.06 bits per heavy atom. The maximum absolute atomic E-state index is 11.4. The van der Waals surface area contributed by atoms with E-state index in [1.807, 2.05) is 38.1 Å². The molecular weight excluding hydrogens is 204 g/mol. The zero-order valence-electron chi connectivity index (χ0n) is 9.69. The van der Waals surface area contributed by atoms with E-state index in [-0.39, 0.29) is 18.6 Å². The molecule has 0 aliphatic heterocycles. The van der Waals surface area contributed by atoms with E-state index in [0.29, 0.717) is 6.61 Å². The molecule has 0 radical (unpaired) electrons. The number of ether oxygens (including phenoxy) is 1. The summed E-state index contributed by atoms with van der Waals surface area (Å²) in [5.41, 5.74) is 7.33. The summed E-state index contributed by atoms with van der Waals surface area (Å²) in [5, 5.41) is 2.85. The number of benzene rings is 1. The van der Waals surface area contributed by atoms with Crippen molar-refractivity contribution in [2.24, 2.45) is 0 Å². The summed E-state index contributed by atoms with van der Waals surface area (Å²) >= 11 is 0. The van der Waals surface area contributed by atoms with E-state index in [1.54, 1.807) is 0 Å². The Hall–Kier alpha value is -1.55. The third-order valence-corrected chi connectivity index (χ3v) is 2.25. The molecule has 0 fully saturated rings. The van der Waals surface area contributed by atoms with Gasteiger partial charge in [0, 0.05) is 12.3 Å². The first kappa shape index (κ1) is 12.5. The second-order valence-electron chi connectivity index (χ2n) is 3.59. The molecule has 4 heteroatoms. The van der Waals surface area contributed by atoms with E-state index in [9.17, 15) is 4.79 Å². The molecule has 1 rings (SSSR count). The maximum atomic E-state index is 11.4. The minimum Gasteiger partial charge on any atom is -0.399 e. The quantitative estimate of drug-likeness (QED) is 0.742. The van der Waals surface area contributed by atoms with Gasteiger partial charge in [-0.3, -0.25) is 4.79 Å². The number of carbonyl (C=O) groups excluding carboxylic acids is 1. The Labute approximate surface area is 95.8 Å². The first-order chi connectivity index (χ1) is 7.63. The molecule has 0 spiro atoms. The fourth-order valence-electron chi connectivity index (χ4n) is 1.35. The normalized spacial score (nSPS) is 12.1. The zero-order chi connectivity index (χ0) is 12.0. The van der Waals surface area contributed by atoms with Crippen molar-refractivity contribution in [1.82, 2.24) is 5.32 Å². The van der Waals surface area contributed by atoms with Crippen LogP contribution >= 0.6 is 0 Å². The average Bonchev–Trinajstić information content (AvgIpc) is 2.27. The second kappa shape index (κ2) is 6.12. The van der Waals surface area contributed by atoms with Gasteiger partial charge >= 0.3 is 0 Å². The van der Waals surface area contributed by atoms with Gasteiger partial charge in [-0.1, -0.05) is 12.1 Å². The molecule has 1 unspecified atom stereocenters. The third kappa shape index (κ3) is 3.90. The second-order valence-corrected chi connectivity index (χ2v) is 3.59. The molecule has 1 aromatic carbocycles. The summed E-state index contributed by atoms with van der Waals surface area (Å²) in [5.74, 6) is -0.105. The molecule has 16 heavy (non-hydrogen) atoms. The van der Waals surface area contributed by atoms with Crippen molar-refractivity contribution < 1.29 is 9.53 Å². The standard InChI is InChI=1S/C12H18N2O2/c1-3-16-8-12(15)14-9(2)10-4-6-11(13)7-5-10/h4-7,9H,3,8,13H2,1-2H3,(H,14,15). The van der Waals surface area contributed by atoms with Gasteiger partial charge in [0.15, 0.2) is 0 Å². The summed E-state index contributed by atoms with van der Waals surface area (Å²) in [4.78, 5) is 11.4. The highest BCUT2D eigenvalue weighted by Crippen LogP contribution is 2.13. The molecule has 3 N–H and O–H groups in total. The van der Waals surface area contributed by atoms with Gasteiger partial charge in [0.25, 0.3) is 0 Å². The number of rotatable bonds is 5. The Morgan fingerprint density at radius 3 is 2.62 bits per heavy atom. The van der Waals surface area contributed by atoms with Crippen LogP contribution < -0.4 is 11.1 Å². The van der Waals surface area contributed by atoms with Gasteiger partial charge in [-0.15, -0.1) is 0 Å². The Kier molecular flexibility index (Phi) is 4.79. The summed E-state index contributed by atoms with van der Waals surface area (Å²) in [6.07, 6.45) is 0. The minimum atomic E-state index is -0.105. The summed E-state index contributed by atoms with van der Waals surface area (Å²) < 4.78 is 5.02. The third-order valence-electron chi connectivity index (χ3n) is 2.25. The molecule has 0 saturated heterocycles. The van der Waals surface area contributed by atoms with Crippen LogP contribution in [0.1, 0.15) is 25.5 Å². The first-order valence-electron chi connectivity index (χ1n) is 5.36. The number of amides is 1. The number of nitrogen functional groups attached to an aromatic ring is 1. The number of nitrogens with two attached hydrogens (primary N) is 1. The van der Waals surface area contributed by atoms with Crippen LogP contribution in [0.3, 0.4) is 0 Å². The lowest BCUT2D eigenvalue weighted by Crippen LogP contribution is -2.30. The van der Waals surface area contributed by atoms with Crippen molar-refractivity contribution in [1.29, 1.82) is 0 Å². The topological polar surface area (TPSA) is 64.3 Å². The smallest absolute Gasteiger partial charge is 0.246 e. The molecule has 88 valence electrons. The van der Waals surface area contributed by atoms with Crippen molar-refractivity contribution in [3.63, 3.8) is 0 Å². The molecule has 1 amide bonds. The van der Waals surface area contributed by atoms with Crippen LogP contribution in [-0.4, -0.2) is 19.1 Å². The van der Waals surface area contributed by atoms with Gasteiger partial charge in [-0.2, -0.15) is 0 Å². The Bertz CT molecular complexity index is 335. The van der Waals surface area contributed by atoms with Crippen LogP contribution in [0.15, 0.2) is 24.3 Å². The van der Waals surface area contributed by atoms with Crippen LogP contribution in [0.5, 0.6) is 0 Å². The number of nitrogens with one attached hydrogen (secondary N) is 1. The van der Waals surface area contributed by atoms with Gasteiger partial charge in [0.2, 0.25) is 5.91 Å². The predicted molar refractivity (Wildman–Crippen MR) is 63.9 cm³/mol. The fraction of sp³-hybridized carbons (Fsp3) is 0.417. The molecule has 4 nitrogen and oxygen atoms in total. The van der Waals surface area contributed by atoms with Crippen LogP contribution in [0.2, 0.25) is 0 Å². The van der Waals surface area contributed by atoms with Crippen molar-refractivity contribution >= 4 is 11.6 Å². The first-order valence-corrected chi connectivity index (χ1v) is 5.36. The van der Waals surface area contributed by atoms with E-state index >= 15 is 0 Å². The van der Waals surface area contributed by atoms with E-state index in [1.165, 1.54) is 0 Å². The molecular formula is C12H18N2O2. The van der Waals surface area contributed by atoms with E-state index in [0.717, 1.165) is 11.3 Å².